The van der Waals surface area contributed by atoms with Gasteiger partial charge in [0.1, 0.15) is 5.15 Å². The maximum absolute atomic E-state index is 14.3. The van der Waals surface area contributed by atoms with E-state index in [0.717, 1.165) is 11.1 Å². The van der Waals surface area contributed by atoms with E-state index in [-0.39, 0.29) is 34.2 Å². The van der Waals surface area contributed by atoms with E-state index >= 15 is 0 Å². The Balaban J connectivity index is 1.49. The van der Waals surface area contributed by atoms with Crippen LogP contribution in [0.4, 0.5) is 21.8 Å². The normalized spacial score (nSPS) is 14.4. The zero-order valence-corrected chi connectivity index (χ0v) is 25.0. The molecule has 0 bridgehead atoms. The molecule has 0 spiro atoms. The molecule has 1 saturated heterocycles. The van der Waals surface area contributed by atoms with E-state index in [1.54, 1.807) is 37.1 Å². The fourth-order valence-electron chi connectivity index (χ4n) is 5.11. The number of benzene rings is 1. The molecular formula is C27H31ClFN9O2S. The number of pyridine rings is 1. The van der Waals surface area contributed by atoms with E-state index in [2.05, 4.69) is 20.1 Å². The van der Waals surface area contributed by atoms with E-state index < -0.39 is 0 Å². The minimum absolute atomic E-state index is 0.159. The molecule has 1 aromatic carbocycles. The molecule has 0 radical (unpaired) electrons. The molecular weight excluding hydrogens is 569 g/mol. The highest BCUT2D eigenvalue weighted by Gasteiger charge is 2.26. The van der Waals surface area contributed by atoms with Gasteiger partial charge in [-0.25, -0.2) is 14.4 Å². The standard InChI is InChI=1S/C27H31ClFN9O2S/c1-15-12-17(16(2)30-20-6-7-21(28)31-23(20)25(39)34-41-5)22-18(13-15)26(40)36(4)27(32-22)38-10-8-37(9-11-38)24-19(29)14-35(3)33-24/h6-7,12-14,16,30H,8-11H2,1-5H3,(H,34,39). The zero-order chi connectivity index (χ0) is 29.4. The van der Waals surface area contributed by atoms with Crippen LogP contribution in [0, 0.1) is 12.7 Å². The van der Waals surface area contributed by atoms with E-state index in [1.807, 2.05) is 35.8 Å². The molecule has 0 aliphatic carbocycles. The summed E-state index contributed by atoms with van der Waals surface area (Å²) in [6.45, 7) is 6.02. The third kappa shape index (κ3) is 5.68. The zero-order valence-electron chi connectivity index (χ0n) is 23.4. The van der Waals surface area contributed by atoms with Crippen LogP contribution >= 0.6 is 23.5 Å². The van der Waals surface area contributed by atoms with Crippen molar-refractivity contribution in [2.75, 3.05) is 47.6 Å². The fraction of sp³-hybridized carbons (Fsp3) is 0.370. The smallest absolute Gasteiger partial charge is 0.281 e. The van der Waals surface area contributed by atoms with Crippen LogP contribution in [0.5, 0.6) is 0 Å². The van der Waals surface area contributed by atoms with E-state index in [4.69, 9.17) is 16.6 Å². The summed E-state index contributed by atoms with van der Waals surface area (Å²) in [5.41, 5.74) is 2.80. The average Bonchev–Trinajstić information content (AvgIpc) is 3.29. The first kappa shape index (κ1) is 28.7. The molecule has 1 amide bonds. The summed E-state index contributed by atoms with van der Waals surface area (Å²) in [5, 5.41) is 8.32. The molecule has 3 aromatic heterocycles. The number of nitrogens with one attached hydrogen (secondary N) is 2. The molecule has 41 heavy (non-hydrogen) atoms. The van der Waals surface area contributed by atoms with Crippen molar-refractivity contribution in [1.82, 2.24) is 29.0 Å². The van der Waals surface area contributed by atoms with Crippen LogP contribution < -0.4 is 25.4 Å². The molecule has 14 heteroatoms. The lowest BCUT2D eigenvalue weighted by Gasteiger charge is -2.36. The van der Waals surface area contributed by atoms with Gasteiger partial charge in [0.2, 0.25) is 5.95 Å². The number of carbonyl (C=O) groups excluding carboxylic acids is 1. The number of carbonyl (C=O) groups is 1. The predicted octanol–water partition coefficient (Wildman–Crippen LogP) is 3.67. The first-order chi connectivity index (χ1) is 19.6. The summed E-state index contributed by atoms with van der Waals surface area (Å²) in [5.74, 6) is 0.132. The number of anilines is 3. The number of halogens is 2. The Hall–Kier alpha value is -3.84. The lowest BCUT2D eigenvalue weighted by molar-refractivity contribution is 0.0980. The van der Waals surface area contributed by atoms with Crippen molar-refractivity contribution in [2.24, 2.45) is 14.1 Å². The fourth-order valence-corrected chi connectivity index (χ4v) is 5.54. The minimum Gasteiger partial charge on any atom is -0.377 e. The Morgan fingerprint density at radius 3 is 2.49 bits per heavy atom. The summed E-state index contributed by atoms with van der Waals surface area (Å²) in [4.78, 5) is 39.4. The second-order valence-corrected chi connectivity index (χ2v) is 11.0. The highest BCUT2D eigenvalue weighted by molar-refractivity contribution is 7.97. The van der Waals surface area contributed by atoms with Crippen molar-refractivity contribution in [3.05, 3.63) is 68.6 Å². The van der Waals surface area contributed by atoms with Crippen LogP contribution in [0.1, 0.15) is 34.6 Å². The van der Waals surface area contributed by atoms with Gasteiger partial charge in [-0.2, -0.15) is 5.10 Å². The molecule has 5 rings (SSSR count). The Kier molecular flexibility index (Phi) is 8.09. The molecule has 1 fully saturated rings. The second-order valence-electron chi connectivity index (χ2n) is 10.0. The van der Waals surface area contributed by atoms with Crippen molar-refractivity contribution in [1.29, 1.82) is 0 Å². The number of rotatable bonds is 7. The quantitative estimate of drug-likeness (QED) is 0.243. The number of hydrogen-bond acceptors (Lipinski definition) is 9. The van der Waals surface area contributed by atoms with E-state index in [0.29, 0.717) is 54.5 Å². The van der Waals surface area contributed by atoms with Gasteiger partial charge >= 0.3 is 0 Å². The summed E-state index contributed by atoms with van der Waals surface area (Å²) in [7, 11) is 3.41. The van der Waals surface area contributed by atoms with Gasteiger partial charge in [0.25, 0.3) is 11.5 Å². The SMILES string of the molecule is CSNC(=O)c1nc(Cl)ccc1NC(C)c1cc(C)cc2c(=O)n(C)c(N3CCN(c4nn(C)cc4F)CC3)nc12. The van der Waals surface area contributed by atoms with Gasteiger partial charge in [0, 0.05) is 52.1 Å². The molecule has 0 saturated carbocycles. The van der Waals surface area contributed by atoms with Crippen molar-refractivity contribution in [3.8, 4) is 0 Å². The molecule has 11 nitrogen and oxygen atoms in total. The third-order valence-electron chi connectivity index (χ3n) is 7.07. The number of aromatic nitrogens is 5. The highest BCUT2D eigenvalue weighted by atomic mass is 35.5. The van der Waals surface area contributed by atoms with Gasteiger partial charge in [-0.05, 0) is 37.6 Å². The maximum atomic E-state index is 14.3. The number of nitrogens with zero attached hydrogens (tertiary/aromatic N) is 7. The molecule has 1 aliphatic rings. The number of aryl methyl sites for hydroxylation is 2. The minimum atomic E-state index is -0.372. The van der Waals surface area contributed by atoms with E-state index in [1.165, 1.54) is 22.8 Å². The first-order valence-electron chi connectivity index (χ1n) is 13.0. The van der Waals surface area contributed by atoms with Gasteiger partial charge < -0.3 is 15.1 Å². The lowest BCUT2D eigenvalue weighted by Crippen LogP contribution is -2.48. The number of amides is 1. The van der Waals surface area contributed by atoms with Gasteiger partial charge in [0.15, 0.2) is 17.3 Å². The van der Waals surface area contributed by atoms with Crippen LogP contribution in [-0.2, 0) is 14.1 Å². The van der Waals surface area contributed by atoms with Gasteiger partial charge in [0.05, 0.1) is 28.8 Å². The molecule has 1 unspecified atom stereocenters. The van der Waals surface area contributed by atoms with E-state index in [9.17, 15) is 14.0 Å². The van der Waals surface area contributed by atoms with Crippen LogP contribution in [0.25, 0.3) is 10.9 Å². The lowest BCUT2D eigenvalue weighted by atomic mass is 10.0. The van der Waals surface area contributed by atoms with Crippen LogP contribution in [0.2, 0.25) is 5.15 Å². The molecule has 4 aromatic rings. The van der Waals surface area contributed by atoms with Crippen LogP contribution in [0.3, 0.4) is 0 Å². The number of piperazine rings is 1. The summed E-state index contributed by atoms with van der Waals surface area (Å²) < 4.78 is 20.0. The average molecular weight is 600 g/mol. The Morgan fingerprint density at radius 2 is 1.83 bits per heavy atom. The highest BCUT2D eigenvalue weighted by Crippen LogP contribution is 2.29. The number of hydrogen-bond donors (Lipinski definition) is 2. The number of fused-ring (bicyclic) bond motifs is 1. The molecule has 1 aliphatic heterocycles. The van der Waals surface area contributed by atoms with Crippen molar-refractivity contribution in [3.63, 3.8) is 0 Å². The van der Waals surface area contributed by atoms with Crippen molar-refractivity contribution >= 4 is 57.8 Å². The Morgan fingerprint density at radius 1 is 1.12 bits per heavy atom. The molecule has 1 atom stereocenters. The van der Waals surface area contributed by atoms with Gasteiger partial charge in [-0.3, -0.25) is 23.6 Å². The van der Waals surface area contributed by atoms with Crippen molar-refractivity contribution in [2.45, 2.75) is 19.9 Å². The van der Waals surface area contributed by atoms with Gasteiger partial charge in [-0.1, -0.05) is 29.6 Å². The Bertz CT molecular complexity index is 1680. The third-order valence-corrected chi connectivity index (χ3v) is 7.67. The summed E-state index contributed by atoms with van der Waals surface area (Å²) in [6, 6.07) is 6.82. The van der Waals surface area contributed by atoms with Crippen LogP contribution in [0.15, 0.2) is 35.3 Å². The Labute approximate surface area is 245 Å². The summed E-state index contributed by atoms with van der Waals surface area (Å²) in [6.07, 6.45) is 3.10. The predicted molar refractivity (Wildman–Crippen MR) is 162 cm³/mol. The monoisotopic (exact) mass is 599 g/mol. The molecule has 2 N–H and O–H groups in total. The maximum Gasteiger partial charge on any atom is 0.281 e. The molecule has 4 heterocycles. The van der Waals surface area contributed by atoms with Crippen molar-refractivity contribution < 1.29 is 9.18 Å². The van der Waals surface area contributed by atoms with Crippen LogP contribution in [-0.4, -0.2) is 62.7 Å². The topological polar surface area (TPSA) is 113 Å². The van der Waals surface area contributed by atoms with Gasteiger partial charge in [-0.15, -0.1) is 0 Å². The second kappa shape index (κ2) is 11.6. The summed E-state index contributed by atoms with van der Waals surface area (Å²) >= 11 is 7.25. The molecule has 216 valence electrons. The first-order valence-corrected chi connectivity index (χ1v) is 14.6. The largest absolute Gasteiger partial charge is 0.377 e.